The van der Waals surface area contributed by atoms with Crippen LogP contribution in [0.4, 0.5) is 4.39 Å². The second-order valence-corrected chi connectivity index (χ2v) is 4.33. The van der Waals surface area contributed by atoms with Crippen LogP contribution in [0.2, 0.25) is 0 Å². The highest BCUT2D eigenvalue weighted by atomic mass is 19.1. The molecule has 0 amide bonds. The van der Waals surface area contributed by atoms with Gasteiger partial charge < -0.3 is 4.74 Å². The Morgan fingerprint density at radius 1 is 1.54 bits per heavy atom. The van der Waals surface area contributed by atoms with E-state index in [2.05, 4.69) is 4.90 Å². The van der Waals surface area contributed by atoms with Crippen LogP contribution in [0.5, 0.6) is 0 Å². The molecule has 1 spiro atoms. The SMILES string of the molecule is CC(F)CCN1CCOCC12CC2. The summed E-state index contributed by atoms with van der Waals surface area (Å²) >= 11 is 0. The van der Waals surface area contributed by atoms with Crippen LogP contribution in [0.3, 0.4) is 0 Å². The molecule has 1 atom stereocenters. The molecule has 2 nitrogen and oxygen atoms in total. The number of nitrogens with zero attached hydrogens (tertiary/aromatic N) is 1. The molecule has 0 aromatic carbocycles. The van der Waals surface area contributed by atoms with Crippen LogP contribution in [-0.4, -0.2) is 42.9 Å². The highest BCUT2D eigenvalue weighted by Crippen LogP contribution is 2.43. The summed E-state index contributed by atoms with van der Waals surface area (Å²) in [4.78, 5) is 2.42. The van der Waals surface area contributed by atoms with Gasteiger partial charge in [0.15, 0.2) is 0 Å². The van der Waals surface area contributed by atoms with Crippen LogP contribution in [-0.2, 0) is 4.74 Å². The summed E-state index contributed by atoms with van der Waals surface area (Å²) in [5.41, 5.74) is 0.327. The summed E-state index contributed by atoms with van der Waals surface area (Å²) in [5, 5.41) is 0. The number of alkyl halides is 1. The summed E-state index contributed by atoms with van der Waals surface area (Å²) in [6.45, 7) is 5.23. The van der Waals surface area contributed by atoms with E-state index in [9.17, 15) is 4.39 Å². The Hall–Kier alpha value is -0.150. The first kappa shape index (κ1) is 9.41. The normalized spacial score (nSPS) is 29.1. The molecule has 0 aromatic heterocycles. The Morgan fingerprint density at radius 2 is 2.31 bits per heavy atom. The van der Waals surface area contributed by atoms with Crippen LogP contribution >= 0.6 is 0 Å². The zero-order chi connectivity index (χ0) is 9.31. The maximum atomic E-state index is 12.7. The fourth-order valence-electron chi connectivity index (χ4n) is 2.05. The molecule has 76 valence electrons. The fraction of sp³-hybridized carbons (Fsp3) is 1.00. The third-order valence-corrected chi connectivity index (χ3v) is 3.17. The molecule has 1 aliphatic carbocycles. The van der Waals surface area contributed by atoms with Crippen LogP contribution in [0.15, 0.2) is 0 Å². The quantitative estimate of drug-likeness (QED) is 0.665. The lowest BCUT2D eigenvalue weighted by Gasteiger charge is -2.36. The van der Waals surface area contributed by atoms with Crippen molar-refractivity contribution in [3.05, 3.63) is 0 Å². The van der Waals surface area contributed by atoms with Gasteiger partial charge in [-0.25, -0.2) is 4.39 Å². The average molecular weight is 187 g/mol. The van der Waals surface area contributed by atoms with Crippen LogP contribution in [0, 0.1) is 0 Å². The van der Waals surface area contributed by atoms with Gasteiger partial charge in [-0.15, -0.1) is 0 Å². The van der Waals surface area contributed by atoms with Gasteiger partial charge in [0.1, 0.15) is 0 Å². The van der Waals surface area contributed by atoms with Crippen molar-refractivity contribution in [1.29, 1.82) is 0 Å². The van der Waals surface area contributed by atoms with E-state index in [0.717, 1.165) is 26.3 Å². The molecule has 1 unspecified atom stereocenters. The summed E-state index contributed by atoms with van der Waals surface area (Å²) in [6.07, 6.45) is 2.49. The molecular weight excluding hydrogens is 169 g/mol. The topological polar surface area (TPSA) is 12.5 Å². The first-order valence-corrected chi connectivity index (χ1v) is 5.20. The Bertz CT molecular complexity index is 180. The van der Waals surface area contributed by atoms with Crippen LogP contribution in [0.25, 0.3) is 0 Å². The predicted octanol–water partition coefficient (Wildman–Crippen LogP) is 1.60. The highest BCUT2D eigenvalue weighted by Gasteiger charge is 2.49. The predicted molar refractivity (Wildman–Crippen MR) is 49.5 cm³/mol. The lowest BCUT2D eigenvalue weighted by Crippen LogP contribution is -2.48. The minimum Gasteiger partial charge on any atom is -0.378 e. The van der Waals surface area contributed by atoms with E-state index in [4.69, 9.17) is 4.74 Å². The molecule has 0 bridgehead atoms. The smallest absolute Gasteiger partial charge is 0.0985 e. The van der Waals surface area contributed by atoms with E-state index in [1.54, 1.807) is 6.92 Å². The number of hydrogen-bond acceptors (Lipinski definition) is 2. The van der Waals surface area contributed by atoms with Crippen molar-refractivity contribution < 1.29 is 9.13 Å². The van der Waals surface area contributed by atoms with Gasteiger partial charge in [-0.05, 0) is 26.2 Å². The molecule has 13 heavy (non-hydrogen) atoms. The van der Waals surface area contributed by atoms with Crippen molar-refractivity contribution in [3.8, 4) is 0 Å². The van der Waals surface area contributed by atoms with Crippen molar-refractivity contribution in [2.24, 2.45) is 0 Å². The largest absolute Gasteiger partial charge is 0.378 e. The van der Waals surface area contributed by atoms with E-state index in [1.807, 2.05) is 0 Å². The molecule has 0 aromatic rings. The first-order chi connectivity index (χ1) is 6.23. The van der Waals surface area contributed by atoms with Crippen LogP contribution in [0.1, 0.15) is 26.2 Å². The number of ether oxygens (including phenoxy) is 1. The second-order valence-electron chi connectivity index (χ2n) is 4.33. The molecule has 0 N–H and O–H groups in total. The minimum absolute atomic E-state index is 0.327. The van der Waals surface area contributed by atoms with E-state index in [1.165, 1.54) is 12.8 Å². The van der Waals surface area contributed by atoms with Crippen molar-refractivity contribution in [2.75, 3.05) is 26.3 Å². The maximum absolute atomic E-state index is 12.7. The molecule has 1 heterocycles. The van der Waals surface area contributed by atoms with E-state index < -0.39 is 6.17 Å². The number of morpholine rings is 1. The zero-order valence-electron chi connectivity index (χ0n) is 8.26. The van der Waals surface area contributed by atoms with Crippen molar-refractivity contribution in [1.82, 2.24) is 4.90 Å². The highest BCUT2D eigenvalue weighted by molar-refractivity contribution is 5.05. The molecular formula is C10H18FNO. The molecule has 0 radical (unpaired) electrons. The summed E-state index contributed by atoms with van der Waals surface area (Å²) in [6, 6.07) is 0. The Balaban J connectivity index is 1.82. The Kier molecular flexibility index (Phi) is 2.56. The Morgan fingerprint density at radius 3 is 2.92 bits per heavy atom. The van der Waals surface area contributed by atoms with Crippen molar-refractivity contribution in [3.63, 3.8) is 0 Å². The average Bonchev–Trinajstić information content (AvgIpc) is 2.84. The molecule has 1 aliphatic heterocycles. The fourth-order valence-corrected chi connectivity index (χ4v) is 2.05. The minimum atomic E-state index is -0.668. The van der Waals surface area contributed by atoms with Gasteiger partial charge in [-0.3, -0.25) is 4.90 Å². The second kappa shape index (κ2) is 3.54. The monoisotopic (exact) mass is 187 g/mol. The summed E-state index contributed by atoms with van der Waals surface area (Å²) in [7, 11) is 0. The molecule has 2 aliphatic rings. The molecule has 3 heteroatoms. The van der Waals surface area contributed by atoms with E-state index >= 15 is 0 Å². The Labute approximate surface area is 79.1 Å². The third-order valence-electron chi connectivity index (χ3n) is 3.17. The van der Waals surface area contributed by atoms with Crippen molar-refractivity contribution in [2.45, 2.75) is 37.9 Å². The van der Waals surface area contributed by atoms with Gasteiger partial charge in [-0.2, -0.15) is 0 Å². The molecule has 2 fully saturated rings. The van der Waals surface area contributed by atoms with Gasteiger partial charge in [-0.1, -0.05) is 0 Å². The summed E-state index contributed by atoms with van der Waals surface area (Å²) < 4.78 is 18.1. The van der Waals surface area contributed by atoms with Gasteiger partial charge in [0.25, 0.3) is 0 Å². The molecule has 2 rings (SSSR count). The zero-order valence-corrected chi connectivity index (χ0v) is 8.26. The summed E-state index contributed by atoms with van der Waals surface area (Å²) in [5.74, 6) is 0. The third kappa shape index (κ3) is 2.02. The van der Waals surface area contributed by atoms with Gasteiger partial charge in [0.2, 0.25) is 0 Å². The van der Waals surface area contributed by atoms with Crippen LogP contribution < -0.4 is 0 Å². The van der Waals surface area contributed by atoms with Gasteiger partial charge in [0.05, 0.1) is 19.4 Å². The molecule has 1 saturated carbocycles. The van der Waals surface area contributed by atoms with Crippen molar-refractivity contribution >= 4 is 0 Å². The van der Waals surface area contributed by atoms with E-state index in [0.29, 0.717) is 12.0 Å². The number of halogens is 1. The lowest BCUT2D eigenvalue weighted by atomic mass is 10.2. The maximum Gasteiger partial charge on any atom is 0.0985 e. The van der Waals surface area contributed by atoms with Gasteiger partial charge >= 0.3 is 0 Å². The number of hydrogen-bond donors (Lipinski definition) is 0. The first-order valence-electron chi connectivity index (χ1n) is 5.20. The van der Waals surface area contributed by atoms with E-state index in [-0.39, 0.29) is 0 Å². The number of rotatable bonds is 3. The van der Waals surface area contributed by atoms with Gasteiger partial charge in [0, 0.05) is 18.6 Å². The molecule has 1 saturated heterocycles. The lowest BCUT2D eigenvalue weighted by molar-refractivity contribution is -0.0226. The standard InChI is InChI=1S/C10H18FNO/c1-9(11)2-5-12-6-7-13-8-10(12)3-4-10/h9H,2-8H2,1H3.